The van der Waals surface area contributed by atoms with Crippen molar-refractivity contribution in [2.24, 2.45) is 0 Å². The topological polar surface area (TPSA) is 61.9 Å². The van der Waals surface area contributed by atoms with E-state index in [1.807, 2.05) is 60.7 Å². The first kappa shape index (κ1) is 18.9. The summed E-state index contributed by atoms with van der Waals surface area (Å²) in [6.45, 7) is 4.47. The predicted octanol–water partition coefficient (Wildman–Crippen LogP) is 3.14. The molecule has 0 saturated carbocycles. The summed E-state index contributed by atoms with van der Waals surface area (Å²) in [4.78, 5) is 28.8. The zero-order chi connectivity index (χ0) is 19.1. The first-order valence-corrected chi connectivity index (χ1v) is 9.25. The van der Waals surface area contributed by atoms with Crippen LogP contribution in [0.15, 0.2) is 60.7 Å². The maximum atomic E-state index is 13.1. The number of benzene rings is 2. The van der Waals surface area contributed by atoms with E-state index >= 15 is 0 Å². The molecule has 0 spiro atoms. The zero-order valence-corrected chi connectivity index (χ0v) is 15.5. The molecule has 0 aromatic heterocycles. The second-order valence-corrected chi connectivity index (χ2v) is 6.39. The number of amides is 2. The third kappa shape index (κ3) is 4.86. The summed E-state index contributed by atoms with van der Waals surface area (Å²) >= 11 is 0. The number of nitrogens with zero attached hydrogens (tertiary/aromatic N) is 2. The number of para-hydroxylation sites is 1. The van der Waals surface area contributed by atoms with Crippen molar-refractivity contribution < 1.29 is 14.3 Å². The van der Waals surface area contributed by atoms with E-state index in [9.17, 15) is 9.59 Å². The van der Waals surface area contributed by atoms with Gasteiger partial charge in [0.15, 0.2) is 0 Å². The van der Waals surface area contributed by atoms with Crippen LogP contribution in [0, 0.1) is 0 Å². The number of rotatable bonds is 5. The molecule has 1 fully saturated rings. The quantitative estimate of drug-likeness (QED) is 0.882. The minimum Gasteiger partial charge on any atom is -0.450 e. The second kappa shape index (κ2) is 9.19. The SMILES string of the molecule is CCOC(=O)N1CCN(C(C(=O)Nc2ccccc2)c2ccccc2)CC1. The van der Waals surface area contributed by atoms with Gasteiger partial charge in [-0.15, -0.1) is 0 Å². The van der Waals surface area contributed by atoms with Gasteiger partial charge in [0.1, 0.15) is 6.04 Å². The summed E-state index contributed by atoms with van der Waals surface area (Å²) in [5.41, 5.74) is 1.71. The van der Waals surface area contributed by atoms with Gasteiger partial charge in [-0.3, -0.25) is 9.69 Å². The van der Waals surface area contributed by atoms with E-state index in [0.29, 0.717) is 32.8 Å². The van der Waals surface area contributed by atoms with Gasteiger partial charge in [-0.1, -0.05) is 48.5 Å². The minimum absolute atomic E-state index is 0.0722. The Kier molecular flexibility index (Phi) is 6.44. The van der Waals surface area contributed by atoms with Gasteiger partial charge in [0.25, 0.3) is 0 Å². The lowest BCUT2D eigenvalue weighted by Gasteiger charge is -2.38. The Balaban J connectivity index is 1.73. The van der Waals surface area contributed by atoms with E-state index in [1.54, 1.807) is 11.8 Å². The number of carbonyl (C=O) groups is 2. The van der Waals surface area contributed by atoms with E-state index < -0.39 is 6.04 Å². The molecule has 6 heteroatoms. The van der Waals surface area contributed by atoms with Crippen LogP contribution in [-0.2, 0) is 9.53 Å². The Morgan fingerprint density at radius 1 is 0.963 bits per heavy atom. The van der Waals surface area contributed by atoms with Gasteiger partial charge in [0.2, 0.25) is 5.91 Å². The van der Waals surface area contributed by atoms with Gasteiger partial charge in [-0.25, -0.2) is 4.79 Å². The van der Waals surface area contributed by atoms with Crippen LogP contribution in [0.5, 0.6) is 0 Å². The molecule has 1 unspecified atom stereocenters. The van der Waals surface area contributed by atoms with Gasteiger partial charge < -0.3 is 15.0 Å². The summed E-state index contributed by atoms with van der Waals surface area (Å²) in [5.74, 6) is -0.0722. The molecule has 0 bridgehead atoms. The highest BCUT2D eigenvalue weighted by atomic mass is 16.6. The number of nitrogens with one attached hydrogen (secondary N) is 1. The molecule has 142 valence electrons. The van der Waals surface area contributed by atoms with E-state index in [0.717, 1.165) is 11.3 Å². The van der Waals surface area contributed by atoms with Crippen molar-refractivity contribution >= 4 is 17.7 Å². The fraction of sp³-hybridized carbons (Fsp3) is 0.333. The summed E-state index contributed by atoms with van der Waals surface area (Å²) < 4.78 is 5.08. The van der Waals surface area contributed by atoms with Crippen LogP contribution in [0.1, 0.15) is 18.5 Å². The molecule has 1 saturated heterocycles. The third-order valence-electron chi connectivity index (χ3n) is 4.61. The van der Waals surface area contributed by atoms with Crippen molar-refractivity contribution in [3.05, 3.63) is 66.2 Å². The maximum absolute atomic E-state index is 13.1. The average Bonchev–Trinajstić information content (AvgIpc) is 2.70. The molecule has 2 aromatic carbocycles. The minimum atomic E-state index is -0.407. The Labute approximate surface area is 159 Å². The summed E-state index contributed by atoms with van der Waals surface area (Å²) in [6, 6.07) is 18.8. The van der Waals surface area contributed by atoms with E-state index in [1.165, 1.54) is 0 Å². The van der Waals surface area contributed by atoms with E-state index in [-0.39, 0.29) is 12.0 Å². The number of hydrogen-bond donors (Lipinski definition) is 1. The van der Waals surface area contributed by atoms with Crippen LogP contribution in [0.2, 0.25) is 0 Å². The van der Waals surface area contributed by atoms with Gasteiger partial charge in [0, 0.05) is 31.9 Å². The van der Waals surface area contributed by atoms with Gasteiger partial charge in [-0.05, 0) is 24.6 Å². The van der Waals surface area contributed by atoms with Crippen LogP contribution in [0.25, 0.3) is 0 Å². The highest BCUT2D eigenvalue weighted by Gasteiger charge is 2.32. The van der Waals surface area contributed by atoms with E-state index in [4.69, 9.17) is 4.74 Å². The largest absolute Gasteiger partial charge is 0.450 e. The molecule has 1 aliphatic rings. The number of anilines is 1. The van der Waals surface area contributed by atoms with Crippen molar-refractivity contribution in [1.29, 1.82) is 0 Å². The van der Waals surface area contributed by atoms with Gasteiger partial charge in [0.05, 0.1) is 6.61 Å². The Hall–Kier alpha value is -2.86. The molecule has 2 aromatic rings. The fourth-order valence-electron chi connectivity index (χ4n) is 3.27. The summed E-state index contributed by atoms with van der Waals surface area (Å²) in [6.07, 6.45) is -0.290. The summed E-state index contributed by atoms with van der Waals surface area (Å²) in [5, 5.41) is 3.01. The van der Waals surface area contributed by atoms with Crippen LogP contribution < -0.4 is 5.32 Å². The fourth-order valence-corrected chi connectivity index (χ4v) is 3.27. The molecule has 0 aliphatic carbocycles. The molecule has 3 rings (SSSR count). The predicted molar refractivity (Wildman–Crippen MR) is 104 cm³/mol. The molecule has 2 amide bonds. The first-order chi connectivity index (χ1) is 13.2. The Morgan fingerprint density at radius 3 is 2.15 bits per heavy atom. The molecule has 1 atom stereocenters. The van der Waals surface area contributed by atoms with Crippen LogP contribution in [0.4, 0.5) is 10.5 Å². The lowest BCUT2D eigenvalue weighted by Crippen LogP contribution is -2.51. The summed E-state index contributed by atoms with van der Waals surface area (Å²) in [7, 11) is 0. The molecule has 27 heavy (non-hydrogen) atoms. The van der Waals surface area contributed by atoms with Crippen LogP contribution in [0.3, 0.4) is 0 Å². The monoisotopic (exact) mass is 367 g/mol. The average molecular weight is 367 g/mol. The molecule has 6 nitrogen and oxygen atoms in total. The van der Waals surface area contributed by atoms with Crippen molar-refractivity contribution in [3.8, 4) is 0 Å². The van der Waals surface area contributed by atoms with Gasteiger partial charge in [-0.2, -0.15) is 0 Å². The van der Waals surface area contributed by atoms with Crippen molar-refractivity contribution in [2.45, 2.75) is 13.0 Å². The van der Waals surface area contributed by atoms with Gasteiger partial charge >= 0.3 is 6.09 Å². The molecule has 1 aliphatic heterocycles. The Morgan fingerprint density at radius 2 is 1.56 bits per heavy atom. The molecular formula is C21H25N3O3. The van der Waals surface area contributed by atoms with E-state index in [2.05, 4.69) is 10.2 Å². The highest BCUT2D eigenvalue weighted by molar-refractivity contribution is 5.95. The van der Waals surface area contributed by atoms with Crippen molar-refractivity contribution in [2.75, 3.05) is 38.1 Å². The third-order valence-corrected chi connectivity index (χ3v) is 4.61. The zero-order valence-electron chi connectivity index (χ0n) is 15.5. The number of hydrogen-bond acceptors (Lipinski definition) is 4. The first-order valence-electron chi connectivity index (χ1n) is 9.25. The van der Waals surface area contributed by atoms with Crippen molar-refractivity contribution in [3.63, 3.8) is 0 Å². The standard InChI is InChI=1S/C21H25N3O3/c1-2-27-21(26)24-15-13-23(14-16-24)19(17-9-5-3-6-10-17)20(25)22-18-11-7-4-8-12-18/h3-12,19H,2,13-16H2,1H3,(H,22,25). The number of carbonyl (C=O) groups excluding carboxylic acids is 2. The molecule has 0 radical (unpaired) electrons. The Bertz CT molecular complexity index is 744. The highest BCUT2D eigenvalue weighted by Crippen LogP contribution is 2.24. The smallest absolute Gasteiger partial charge is 0.409 e. The number of piperazine rings is 1. The maximum Gasteiger partial charge on any atom is 0.409 e. The van der Waals surface area contributed by atoms with Crippen LogP contribution in [-0.4, -0.2) is 54.6 Å². The lowest BCUT2D eigenvalue weighted by atomic mass is 10.0. The van der Waals surface area contributed by atoms with Crippen molar-refractivity contribution in [1.82, 2.24) is 9.80 Å². The molecular weight excluding hydrogens is 342 g/mol. The van der Waals surface area contributed by atoms with Crippen LogP contribution >= 0.6 is 0 Å². The lowest BCUT2D eigenvalue weighted by molar-refractivity contribution is -0.122. The number of ether oxygens (including phenoxy) is 1. The normalized spacial score (nSPS) is 15.8. The second-order valence-electron chi connectivity index (χ2n) is 6.39. The molecule has 1 heterocycles. The molecule has 1 N–H and O–H groups in total.